The van der Waals surface area contributed by atoms with Gasteiger partial charge >= 0.3 is 6.18 Å². The van der Waals surface area contributed by atoms with Gasteiger partial charge in [-0.3, -0.25) is 14.3 Å². The number of halogens is 5. The van der Waals surface area contributed by atoms with Gasteiger partial charge in [0, 0.05) is 29.9 Å². The van der Waals surface area contributed by atoms with E-state index in [1.807, 2.05) is 6.92 Å². The topological polar surface area (TPSA) is 130 Å². The fourth-order valence-electron chi connectivity index (χ4n) is 4.16. The summed E-state index contributed by atoms with van der Waals surface area (Å²) < 4.78 is 50.0. The number of nitrogens with zero attached hydrogens (tertiary/aromatic N) is 5. The van der Waals surface area contributed by atoms with E-state index in [2.05, 4.69) is 20.5 Å². The van der Waals surface area contributed by atoms with Gasteiger partial charge in [0.2, 0.25) is 0 Å². The Balaban J connectivity index is 1.53. The van der Waals surface area contributed by atoms with Crippen molar-refractivity contribution in [1.29, 1.82) is 0 Å². The van der Waals surface area contributed by atoms with Crippen LogP contribution in [0.2, 0.25) is 10.0 Å². The first-order valence-electron chi connectivity index (χ1n) is 12.2. The quantitative estimate of drug-likeness (QED) is 0.202. The van der Waals surface area contributed by atoms with Crippen molar-refractivity contribution in [3.05, 3.63) is 74.7 Å². The Kier molecular flexibility index (Phi) is 7.88. The number of amides is 2. The number of carbonyl (C=O) groups is 2. The summed E-state index contributed by atoms with van der Waals surface area (Å²) in [4.78, 5) is 29.1. The van der Waals surface area contributed by atoms with Crippen molar-refractivity contribution in [2.75, 3.05) is 5.32 Å². The minimum absolute atomic E-state index is 0.0676. The lowest BCUT2D eigenvalue weighted by Gasteiger charge is -2.11. The molecular formula is C26H20Cl2F3N7O3S. The Morgan fingerprint density at radius 3 is 2.57 bits per heavy atom. The van der Waals surface area contributed by atoms with Gasteiger partial charge in [-0.15, -0.1) is 11.3 Å². The van der Waals surface area contributed by atoms with Crippen molar-refractivity contribution in [1.82, 2.24) is 24.5 Å². The minimum atomic E-state index is -4.78. The molecule has 0 spiro atoms. The van der Waals surface area contributed by atoms with Crippen LogP contribution in [0.15, 0.2) is 42.7 Å². The van der Waals surface area contributed by atoms with Crippen LogP contribution in [0, 0.1) is 6.92 Å². The predicted molar refractivity (Wildman–Crippen MR) is 152 cm³/mol. The molecule has 218 valence electrons. The van der Waals surface area contributed by atoms with Gasteiger partial charge in [-0.05, 0) is 43.7 Å². The highest BCUT2D eigenvalue weighted by molar-refractivity contribution is 7.21. The predicted octanol–water partition coefficient (Wildman–Crippen LogP) is 6.40. The van der Waals surface area contributed by atoms with E-state index in [0.29, 0.717) is 39.9 Å². The second kappa shape index (κ2) is 11.3. The maximum absolute atomic E-state index is 13.8. The second-order valence-corrected chi connectivity index (χ2v) is 10.7. The molecule has 0 saturated heterocycles. The number of nitrogens with two attached hydrogens (primary N) is 1. The number of ether oxygens (including phenoxy) is 1. The lowest BCUT2D eigenvalue weighted by atomic mass is 10.0. The Morgan fingerprint density at radius 2 is 1.90 bits per heavy atom. The second-order valence-electron chi connectivity index (χ2n) is 8.91. The molecule has 0 unspecified atom stereocenters. The van der Waals surface area contributed by atoms with Crippen LogP contribution in [0.5, 0.6) is 5.75 Å². The van der Waals surface area contributed by atoms with Crippen molar-refractivity contribution in [3.8, 4) is 16.9 Å². The Labute approximate surface area is 249 Å². The number of rotatable bonds is 8. The molecule has 0 aliphatic rings. The molecule has 42 heavy (non-hydrogen) atoms. The fraction of sp³-hybridized carbons (Fsp3) is 0.192. The van der Waals surface area contributed by atoms with Crippen molar-refractivity contribution >= 4 is 62.3 Å². The molecule has 0 fully saturated rings. The summed E-state index contributed by atoms with van der Waals surface area (Å²) in [7, 11) is 0. The van der Waals surface area contributed by atoms with Crippen LogP contribution in [0.3, 0.4) is 0 Å². The molecule has 16 heteroatoms. The van der Waals surface area contributed by atoms with Crippen LogP contribution in [0.25, 0.3) is 21.3 Å². The molecule has 4 aromatic heterocycles. The van der Waals surface area contributed by atoms with Crippen LogP contribution in [0.4, 0.5) is 18.9 Å². The summed E-state index contributed by atoms with van der Waals surface area (Å²) >= 11 is 12.8. The van der Waals surface area contributed by atoms with Crippen molar-refractivity contribution in [2.24, 2.45) is 5.73 Å². The van der Waals surface area contributed by atoms with E-state index < -0.39 is 23.7 Å². The van der Waals surface area contributed by atoms with Gasteiger partial charge < -0.3 is 15.8 Å². The molecule has 0 bridgehead atoms. The third kappa shape index (κ3) is 5.65. The summed E-state index contributed by atoms with van der Waals surface area (Å²) in [5, 5.41) is 11.8. The number of pyridine rings is 1. The number of fused-ring (bicyclic) bond motifs is 1. The Morgan fingerprint density at radius 1 is 1.14 bits per heavy atom. The van der Waals surface area contributed by atoms with E-state index in [9.17, 15) is 22.8 Å². The van der Waals surface area contributed by atoms with Crippen molar-refractivity contribution in [2.45, 2.75) is 33.3 Å². The van der Waals surface area contributed by atoms with E-state index in [4.69, 9.17) is 33.7 Å². The molecule has 0 aliphatic heterocycles. The molecule has 0 atom stereocenters. The first kappa shape index (κ1) is 29.4. The number of anilines is 1. The number of hydrogen-bond acceptors (Lipinski definition) is 7. The smallest absolute Gasteiger partial charge is 0.433 e. The van der Waals surface area contributed by atoms with Gasteiger partial charge in [0.1, 0.15) is 26.2 Å². The molecule has 3 N–H and O–H groups in total. The van der Waals surface area contributed by atoms with Gasteiger partial charge in [0.05, 0.1) is 16.4 Å². The average Bonchev–Trinajstić information content (AvgIpc) is 3.65. The van der Waals surface area contributed by atoms with Crippen molar-refractivity contribution < 1.29 is 27.5 Å². The molecule has 0 aliphatic carbocycles. The van der Waals surface area contributed by atoms with Gasteiger partial charge in [-0.1, -0.05) is 29.3 Å². The standard InChI is InChI=1S/C26H20Cl2F3N7O3S/c1-3-37-10-14(12(2)35-37)13-9-18(26(29,30)31)33-25-19(13)21(22(42-25)23(32)39)34-24(40)16-7-8-38(36-16)11-41-17-6-4-5-15(27)20(17)28/h4-10H,3,11H2,1-2H3,(H2,32,39)(H,34,40). The highest BCUT2D eigenvalue weighted by atomic mass is 35.5. The van der Waals surface area contributed by atoms with Crippen molar-refractivity contribution in [3.63, 3.8) is 0 Å². The summed E-state index contributed by atoms with van der Waals surface area (Å²) in [5.74, 6) is -1.39. The molecule has 10 nitrogen and oxygen atoms in total. The SMILES string of the molecule is CCn1cc(-c2cc(C(F)(F)F)nc3sc(C(N)=O)c(NC(=O)c4ccn(COc5cccc(Cl)c5Cl)n4)c23)c(C)n1. The molecule has 5 aromatic rings. The van der Waals surface area contributed by atoms with E-state index in [1.165, 1.54) is 16.9 Å². The fourth-order valence-corrected chi connectivity index (χ4v) is 5.51. The molecule has 2 amide bonds. The zero-order valence-corrected chi connectivity index (χ0v) is 24.1. The number of thiophene rings is 1. The van der Waals surface area contributed by atoms with E-state index in [-0.39, 0.29) is 43.8 Å². The number of nitrogens with one attached hydrogen (secondary N) is 1. The van der Waals surface area contributed by atoms with Crippen LogP contribution in [-0.2, 0) is 19.5 Å². The summed E-state index contributed by atoms with van der Waals surface area (Å²) in [5.41, 5.74) is 5.17. The number of hydrogen-bond donors (Lipinski definition) is 2. The lowest BCUT2D eigenvalue weighted by Crippen LogP contribution is -2.18. The van der Waals surface area contributed by atoms with Crippen LogP contribution >= 0.6 is 34.5 Å². The third-order valence-corrected chi connectivity index (χ3v) is 8.02. The summed E-state index contributed by atoms with van der Waals surface area (Å²) in [6, 6.07) is 7.13. The van der Waals surface area contributed by atoms with E-state index >= 15 is 0 Å². The molecule has 1 aromatic carbocycles. The van der Waals surface area contributed by atoms with Gasteiger partial charge in [0.25, 0.3) is 11.8 Å². The molecule has 0 radical (unpaired) electrons. The third-order valence-electron chi connectivity index (χ3n) is 6.12. The van der Waals surface area contributed by atoms with Gasteiger partial charge in [-0.2, -0.15) is 23.4 Å². The number of alkyl halides is 3. The number of aromatic nitrogens is 5. The van der Waals surface area contributed by atoms with Gasteiger partial charge in [-0.25, -0.2) is 9.67 Å². The van der Waals surface area contributed by atoms with E-state index in [0.717, 1.165) is 6.07 Å². The van der Waals surface area contributed by atoms with Gasteiger partial charge in [0.15, 0.2) is 12.4 Å². The summed E-state index contributed by atoms with van der Waals surface area (Å²) in [6.45, 7) is 3.83. The lowest BCUT2D eigenvalue weighted by molar-refractivity contribution is -0.140. The first-order chi connectivity index (χ1) is 19.9. The van der Waals surface area contributed by atoms with Crippen LogP contribution in [0.1, 0.15) is 38.5 Å². The highest BCUT2D eigenvalue weighted by Crippen LogP contribution is 2.44. The maximum atomic E-state index is 13.8. The monoisotopic (exact) mass is 637 g/mol. The number of primary amides is 1. The maximum Gasteiger partial charge on any atom is 0.433 e. The molecule has 4 heterocycles. The number of aryl methyl sites for hydroxylation is 2. The summed E-state index contributed by atoms with van der Waals surface area (Å²) in [6.07, 6.45) is -1.72. The highest BCUT2D eigenvalue weighted by Gasteiger charge is 2.35. The molecular weight excluding hydrogens is 618 g/mol. The number of benzene rings is 1. The number of carbonyl (C=O) groups excluding carboxylic acids is 2. The molecule has 0 saturated carbocycles. The zero-order valence-electron chi connectivity index (χ0n) is 21.8. The normalized spacial score (nSPS) is 11.7. The van der Waals surface area contributed by atoms with E-state index in [1.54, 1.807) is 36.0 Å². The molecule has 5 rings (SSSR count). The average molecular weight is 638 g/mol. The van der Waals surface area contributed by atoms with Crippen LogP contribution < -0.4 is 15.8 Å². The van der Waals surface area contributed by atoms with Crippen LogP contribution in [-0.4, -0.2) is 36.4 Å². The Bertz CT molecular complexity index is 1850. The first-order valence-corrected chi connectivity index (χ1v) is 13.7. The largest absolute Gasteiger partial charge is 0.470 e. The Hall–Kier alpha value is -4.14. The zero-order chi connectivity index (χ0) is 30.3. The minimum Gasteiger partial charge on any atom is -0.470 e.